The largest absolute Gasteiger partial charge is 0.354 e. The van der Waals surface area contributed by atoms with Crippen LogP contribution in [-0.2, 0) is 16.1 Å². The van der Waals surface area contributed by atoms with Gasteiger partial charge in [-0.1, -0.05) is 59.1 Å². The second-order valence-electron chi connectivity index (χ2n) is 7.07. The summed E-state index contributed by atoms with van der Waals surface area (Å²) in [5.41, 5.74) is 2.18. The van der Waals surface area contributed by atoms with Crippen LogP contribution in [-0.4, -0.2) is 35.1 Å². The Kier molecular flexibility index (Phi) is 9.74. The average Bonchev–Trinajstić information content (AvgIpc) is 2.71. The lowest BCUT2D eigenvalue weighted by atomic mass is 10.1. The molecule has 0 aromatic heterocycles. The topological polar surface area (TPSA) is 49.4 Å². The lowest BCUT2D eigenvalue weighted by Gasteiger charge is -2.29. The van der Waals surface area contributed by atoms with Crippen molar-refractivity contribution in [1.82, 2.24) is 10.2 Å². The zero-order valence-electron chi connectivity index (χ0n) is 17.3. The predicted molar refractivity (Wildman–Crippen MR) is 124 cm³/mol. The maximum atomic E-state index is 13.1. The molecule has 0 saturated carbocycles. The highest BCUT2D eigenvalue weighted by molar-refractivity contribution is 9.10. The molecule has 0 bridgehead atoms. The second-order valence-corrected chi connectivity index (χ2v) is 9.04. The van der Waals surface area contributed by atoms with Gasteiger partial charge in [0.15, 0.2) is 0 Å². The van der Waals surface area contributed by atoms with Crippen molar-refractivity contribution in [3.05, 3.63) is 64.1 Å². The lowest BCUT2D eigenvalue weighted by molar-refractivity contribution is -0.138. The van der Waals surface area contributed by atoms with Gasteiger partial charge in [-0.25, -0.2) is 0 Å². The fraction of sp³-hybridized carbons (Fsp3) is 0.391. The minimum absolute atomic E-state index is 0.0475. The van der Waals surface area contributed by atoms with Gasteiger partial charge in [0.25, 0.3) is 0 Å². The van der Waals surface area contributed by atoms with Crippen LogP contribution in [0.4, 0.5) is 0 Å². The van der Waals surface area contributed by atoms with Crippen molar-refractivity contribution in [3.63, 3.8) is 0 Å². The highest BCUT2D eigenvalue weighted by atomic mass is 79.9. The summed E-state index contributed by atoms with van der Waals surface area (Å²) in [6.45, 7) is 6.96. The molecule has 2 rings (SSSR count). The number of hydrogen-bond donors (Lipinski definition) is 1. The molecule has 156 valence electrons. The minimum Gasteiger partial charge on any atom is -0.354 e. The van der Waals surface area contributed by atoms with E-state index in [1.807, 2.05) is 55.5 Å². The van der Waals surface area contributed by atoms with Gasteiger partial charge in [-0.15, -0.1) is 11.8 Å². The van der Waals surface area contributed by atoms with E-state index in [2.05, 4.69) is 28.2 Å². The minimum atomic E-state index is -0.531. The number of thioether (sulfide) groups is 1. The van der Waals surface area contributed by atoms with Gasteiger partial charge in [0.05, 0.1) is 5.75 Å². The van der Waals surface area contributed by atoms with E-state index >= 15 is 0 Å². The SMILES string of the molecule is CCCCNC(=O)[C@@H](C)N(Cc1cccc(Br)c1)C(=O)CSc1ccc(C)cc1. The predicted octanol–water partition coefficient (Wildman–Crippen LogP) is 5.18. The van der Waals surface area contributed by atoms with Gasteiger partial charge in [0.1, 0.15) is 6.04 Å². The van der Waals surface area contributed by atoms with Gasteiger partial charge in [-0.3, -0.25) is 9.59 Å². The molecule has 0 unspecified atom stereocenters. The molecule has 6 heteroatoms. The van der Waals surface area contributed by atoms with E-state index in [0.717, 1.165) is 27.8 Å². The van der Waals surface area contributed by atoms with Crippen molar-refractivity contribution in [2.75, 3.05) is 12.3 Å². The molecule has 0 radical (unpaired) electrons. The number of carbonyl (C=O) groups excluding carboxylic acids is 2. The number of nitrogens with zero attached hydrogens (tertiary/aromatic N) is 1. The highest BCUT2D eigenvalue weighted by Crippen LogP contribution is 2.21. The molecule has 2 amide bonds. The number of amides is 2. The van der Waals surface area contributed by atoms with Crippen molar-refractivity contribution in [1.29, 1.82) is 0 Å². The van der Waals surface area contributed by atoms with Gasteiger partial charge >= 0.3 is 0 Å². The van der Waals surface area contributed by atoms with Crippen molar-refractivity contribution in [2.45, 2.75) is 51.1 Å². The summed E-state index contributed by atoms with van der Waals surface area (Å²) < 4.78 is 0.955. The van der Waals surface area contributed by atoms with Crippen LogP contribution in [0, 0.1) is 6.92 Å². The molecule has 1 N–H and O–H groups in total. The number of nitrogens with one attached hydrogen (secondary N) is 1. The van der Waals surface area contributed by atoms with E-state index in [0.29, 0.717) is 18.8 Å². The molecule has 1 atom stereocenters. The fourth-order valence-electron chi connectivity index (χ4n) is 2.81. The number of hydrogen-bond acceptors (Lipinski definition) is 3. The third kappa shape index (κ3) is 7.86. The number of carbonyl (C=O) groups is 2. The summed E-state index contributed by atoms with van der Waals surface area (Å²) >= 11 is 4.98. The zero-order chi connectivity index (χ0) is 21.2. The van der Waals surface area contributed by atoms with Crippen LogP contribution in [0.3, 0.4) is 0 Å². The van der Waals surface area contributed by atoms with Crippen molar-refractivity contribution in [3.8, 4) is 0 Å². The smallest absolute Gasteiger partial charge is 0.242 e. The number of aryl methyl sites for hydroxylation is 1. The monoisotopic (exact) mass is 476 g/mol. The molecule has 29 heavy (non-hydrogen) atoms. The molecule has 0 heterocycles. The first kappa shape index (κ1) is 23.5. The van der Waals surface area contributed by atoms with Gasteiger partial charge in [0, 0.05) is 22.5 Å². The average molecular weight is 477 g/mol. The van der Waals surface area contributed by atoms with E-state index in [1.54, 1.807) is 11.8 Å². The highest BCUT2D eigenvalue weighted by Gasteiger charge is 2.26. The summed E-state index contributed by atoms with van der Waals surface area (Å²) in [5.74, 6) is 0.139. The Balaban J connectivity index is 2.10. The van der Waals surface area contributed by atoms with Crippen LogP contribution in [0.25, 0.3) is 0 Å². The zero-order valence-corrected chi connectivity index (χ0v) is 19.7. The molecule has 0 aliphatic heterocycles. The Morgan fingerprint density at radius 2 is 1.90 bits per heavy atom. The number of benzene rings is 2. The molecule has 0 aliphatic carbocycles. The van der Waals surface area contributed by atoms with Crippen LogP contribution in [0.5, 0.6) is 0 Å². The van der Waals surface area contributed by atoms with Crippen LogP contribution < -0.4 is 5.32 Å². The third-order valence-electron chi connectivity index (χ3n) is 4.62. The molecular weight excluding hydrogens is 448 g/mol. The van der Waals surface area contributed by atoms with Crippen molar-refractivity contribution < 1.29 is 9.59 Å². The Morgan fingerprint density at radius 1 is 1.17 bits per heavy atom. The Bertz CT molecular complexity index is 811. The number of unbranched alkanes of at least 4 members (excludes halogenated alkanes) is 1. The molecule has 4 nitrogen and oxygen atoms in total. The quantitative estimate of drug-likeness (QED) is 0.379. The van der Waals surface area contributed by atoms with E-state index in [1.165, 1.54) is 17.3 Å². The molecule has 0 saturated heterocycles. The molecular formula is C23H29BrN2O2S. The summed E-state index contributed by atoms with van der Waals surface area (Å²) in [5, 5.41) is 2.95. The van der Waals surface area contributed by atoms with Gasteiger partial charge < -0.3 is 10.2 Å². The van der Waals surface area contributed by atoms with E-state index in [9.17, 15) is 9.59 Å². The summed E-state index contributed by atoms with van der Waals surface area (Å²) in [4.78, 5) is 28.4. The van der Waals surface area contributed by atoms with E-state index in [-0.39, 0.29) is 11.8 Å². The van der Waals surface area contributed by atoms with Crippen LogP contribution in [0.15, 0.2) is 57.9 Å². The van der Waals surface area contributed by atoms with Crippen molar-refractivity contribution >= 4 is 39.5 Å². The summed E-state index contributed by atoms with van der Waals surface area (Å²) in [7, 11) is 0. The molecule has 2 aromatic rings. The lowest BCUT2D eigenvalue weighted by Crippen LogP contribution is -2.48. The first-order valence-corrected chi connectivity index (χ1v) is 11.7. The fourth-order valence-corrected chi connectivity index (χ4v) is 4.04. The Hall–Kier alpha value is -1.79. The van der Waals surface area contributed by atoms with E-state index < -0.39 is 6.04 Å². The Labute approximate surface area is 186 Å². The van der Waals surface area contributed by atoms with Gasteiger partial charge in [-0.05, 0) is 50.1 Å². The van der Waals surface area contributed by atoms with Crippen LogP contribution in [0.2, 0.25) is 0 Å². The number of halogens is 1. The molecule has 0 fully saturated rings. The maximum absolute atomic E-state index is 13.1. The van der Waals surface area contributed by atoms with Crippen molar-refractivity contribution in [2.24, 2.45) is 0 Å². The molecule has 0 spiro atoms. The Morgan fingerprint density at radius 3 is 2.55 bits per heavy atom. The second kappa shape index (κ2) is 12.0. The number of rotatable bonds is 10. The first-order chi connectivity index (χ1) is 13.9. The third-order valence-corrected chi connectivity index (χ3v) is 6.11. The van der Waals surface area contributed by atoms with Gasteiger partial charge in [-0.2, -0.15) is 0 Å². The maximum Gasteiger partial charge on any atom is 0.242 e. The first-order valence-electron chi connectivity index (χ1n) is 9.91. The summed E-state index contributed by atoms with van der Waals surface area (Å²) in [6, 6.07) is 15.4. The van der Waals surface area contributed by atoms with E-state index in [4.69, 9.17) is 0 Å². The molecule has 0 aliphatic rings. The van der Waals surface area contributed by atoms with Crippen LogP contribution in [0.1, 0.15) is 37.8 Å². The van der Waals surface area contributed by atoms with Gasteiger partial charge in [0.2, 0.25) is 11.8 Å². The summed E-state index contributed by atoms with van der Waals surface area (Å²) in [6.07, 6.45) is 1.95. The standard InChI is InChI=1S/C23H29BrN2O2S/c1-4-5-13-25-23(28)18(3)26(15-19-7-6-8-20(24)14-19)22(27)16-29-21-11-9-17(2)10-12-21/h6-12,14,18H,4-5,13,15-16H2,1-3H3,(H,25,28)/t18-/m1/s1. The molecule has 2 aromatic carbocycles. The van der Waals surface area contributed by atoms with Crippen LogP contribution >= 0.6 is 27.7 Å². The normalized spacial score (nSPS) is 11.7.